The van der Waals surface area contributed by atoms with Crippen molar-refractivity contribution in [3.8, 4) is 11.5 Å². The van der Waals surface area contributed by atoms with Crippen LogP contribution in [-0.4, -0.2) is 37.9 Å². The first-order valence-corrected chi connectivity index (χ1v) is 8.42. The summed E-state index contributed by atoms with van der Waals surface area (Å²) in [5.41, 5.74) is 1.18. The number of hydrogen-bond donors (Lipinski definition) is 2. The minimum Gasteiger partial charge on any atom is -0.497 e. The van der Waals surface area contributed by atoms with Crippen molar-refractivity contribution in [3.63, 3.8) is 0 Å². The number of ether oxygens (including phenoxy) is 2. The Balaban J connectivity index is 1.75. The molecule has 0 aliphatic heterocycles. The lowest BCUT2D eigenvalue weighted by atomic mass is 9.93. The van der Waals surface area contributed by atoms with E-state index in [0.29, 0.717) is 24.5 Å². The number of carbonyl (C=O) groups is 1. The maximum Gasteiger partial charge on any atom is 0.257 e. The van der Waals surface area contributed by atoms with E-state index in [4.69, 9.17) is 9.47 Å². The molecule has 0 spiro atoms. The van der Waals surface area contributed by atoms with Crippen LogP contribution in [0.1, 0.15) is 24.3 Å². The molecule has 5 heteroatoms. The molecule has 0 radical (unpaired) electrons. The van der Waals surface area contributed by atoms with E-state index in [1.54, 1.807) is 19.2 Å². The standard InChI is InChI=1S/C20H25NO4/c1-24-18-8-5-9-19(14-18)25-15-20(23)21-12-10-17(11-13-22)16-6-3-2-4-7-16/h2-9,14,17,22H,10-13,15H2,1H3,(H,21,23). The number of nitrogens with one attached hydrogen (secondary N) is 1. The Morgan fingerprint density at radius 2 is 1.84 bits per heavy atom. The highest BCUT2D eigenvalue weighted by Crippen LogP contribution is 2.22. The minimum atomic E-state index is -0.168. The average Bonchev–Trinajstić information content (AvgIpc) is 2.66. The molecule has 1 amide bonds. The van der Waals surface area contributed by atoms with Gasteiger partial charge in [0, 0.05) is 19.2 Å². The van der Waals surface area contributed by atoms with Crippen molar-refractivity contribution in [2.45, 2.75) is 18.8 Å². The predicted molar refractivity (Wildman–Crippen MR) is 97.0 cm³/mol. The lowest BCUT2D eigenvalue weighted by Crippen LogP contribution is -2.30. The Bertz CT molecular complexity index is 645. The van der Waals surface area contributed by atoms with E-state index < -0.39 is 0 Å². The molecule has 2 rings (SSSR count). The van der Waals surface area contributed by atoms with Gasteiger partial charge in [-0.1, -0.05) is 36.4 Å². The van der Waals surface area contributed by atoms with E-state index in [0.717, 1.165) is 6.42 Å². The van der Waals surface area contributed by atoms with E-state index in [2.05, 4.69) is 5.32 Å². The summed E-state index contributed by atoms with van der Waals surface area (Å²) in [5, 5.41) is 12.1. The largest absolute Gasteiger partial charge is 0.497 e. The molecule has 1 unspecified atom stereocenters. The van der Waals surface area contributed by atoms with Gasteiger partial charge in [0.1, 0.15) is 11.5 Å². The monoisotopic (exact) mass is 343 g/mol. The summed E-state index contributed by atoms with van der Waals surface area (Å²) < 4.78 is 10.6. The van der Waals surface area contributed by atoms with Crippen LogP contribution in [0.25, 0.3) is 0 Å². The number of methoxy groups -OCH3 is 1. The summed E-state index contributed by atoms with van der Waals surface area (Å²) in [6.45, 7) is 0.634. The summed E-state index contributed by atoms with van der Waals surface area (Å²) in [7, 11) is 1.58. The number of rotatable bonds is 10. The van der Waals surface area contributed by atoms with Crippen molar-refractivity contribution >= 4 is 5.91 Å². The fourth-order valence-electron chi connectivity index (χ4n) is 2.64. The summed E-state index contributed by atoms with van der Waals surface area (Å²) >= 11 is 0. The second-order valence-corrected chi connectivity index (χ2v) is 5.73. The van der Waals surface area contributed by atoms with Crippen LogP contribution in [0.2, 0.25) is 0 Å². The van der Waals surface area contributed by atoms with Gasteiger partial charge in [0.25, 0.3) is 5.91 Å². The molecule has 1 atom stereocenters. The van der Waals surface area contributed by atoms with Crippen LogP contribution in [-0.2, 0) is 4.79 Å². The van der Waals surface area contributed by atoms with Crippen LogP contribution in [0.3, 0.4) is 0 Å². The van der Waals surface area contributed by atoms with Gasteiger partial charge in [-0.3, -0.25) is 4.79 Å². The first kappa shape index (κ1) is 18.8. The van der Waals surface area contributed by atoms with Crippen molar-refractivity contribution in [2.75, 3.05) is 26.9 Å². The van der Waals surface area contributed by atoms with Gasteiger partial charge in [0.15, 0.2) is 6.61 Å². The molecule has 0 heterocycles. The number of hydrogen-bond acceptors (Lipinski definition) is 4. The van der Waals surface area contributed by atoms with Gasteiger partial charge in [-0.15, -0.1) is 0 Å². The zero-order chi connectivity index (χ0) is 17.9. The Hall–Kier alpha value is -2.53. The van der Waals surface area contributed by atoms with Crippen molar-refractivity contribution in [1.29, 1.82) is 0 Å². The van der Waals surface area contributed by atoms with Gasteiger partial charge < -0.3 is 19.9 Å². The molecule has 0 aromatic heterocycles. The van der Waals surface area contributed by atoms with Crippen molar-refractivity contribution < 1.29 is 19.4 Å². The van der Waals surface area contributed by atoms with Gasteiger partial charge in [-0.05, 0) is 36.5 Å². The van der Waals surface area contributed by atoms with Crippen LogP contribution in [0, 0.1) is 0 Å². The molecular weight excluding hydrogens is 318 g/mol. The molecule has 0 saturated heterocycles. The Morgan fingerprint density at radius 3 is 2.56 bits per heavy atom. The molecule has 2 N–H and O–H groups in total. The molecule has 0 fully saturated rings. The number of aliphatic hydroxyl groups is 1. The summed E-state index contributed by atoms with van der Waals surface area (Å²) in [5.74, 6) is 1.34. The quantitative estimate of drug-likeness (QED) is 0.696. The van der Waals surface area contributed by atoms with Gasteiger partial charge >= 0.3 is 0 Å². The maximum absolute atomic E-state index is 11.9. The third-order valence-corrected chi connectivity index (χ3v) is 3.97. The molecular formula is C20H25NO4. The van der Waals surface area contributed by atoms with Crippen LogP contribution < -0.4 is 14.8 Å². The summed E-state index contributed by atoms with van der Waals surface area (Å²) in [6.07, 6.45) is 1.45. The lowest BCUT2D eigenvalue weighted by Gasteiger charge is -2.16. The van der Waals surface area contributed by atoms with Crippen LogP contribution in [0.4, 0.5) is 0 Å². The van der Waals surface area contributed by atoms with Gasteiger partial charge in [-0.2, -0.15) is 0 Å². The van der Waals surface area contributed by atoms with Crippen molar-refractivity contribution in [2.24, 2.45) is 0 Å². The summed E-state index contributed by atoms with van der Waals surface area (Å²) in [4.78, 5) is 11.9. The highest BCUT2D eigenvalue weighted by Gasteiger charge is 2.11. The Kier molecular flexibility index (Phi) is 7.79. The molecule has 5 nitrogen and oxygen atoms in total. The normalized spacial score (nSPS) is 11.6. The van der Waals surface area contributed by atoms with Crippen LogP contribution in [0.15, 0.2) is 54.6 Å². The Morgan fingerprint density at radius 1 is 1.08 bits per heavy atom. The number of carbonyl (C=O) groups excluding carboxylic acids is 1. The average molecular weight is 343 g/mol. The van der Waals surface area contributed by atoms with E-state index >= 15 is 0 Å². The molecule has 0 saturated carbocycles. The highest BCUT2D eigenvalue weighted by atomic mass is 16.5. The van der Waals surface area contributed by atoms with E-state index in [-0.39, 0.29) is 25.0 Å². The predicted octanol–water partition coefficient (Wildman–Crippen LogP) is 2.75. The van der Waals surface area contributed by atoms with Crippen molar-refractivity contribution in [1.82, 2.24) is 5.32 Å². The Labute approximate surface area is 148 Å². The zero-order valence-electron chi connectivity index (χ0n) is 14.5. The van der Waals surface area contributed by atoms with Gasteiger partial charge in [0.05, 0.1) is 7.11 Å². The van der Waals surface area contributed by atoms with E-state index in [1.165, 1.54) is 5.56 Å². The third kappa shape index (κ3) is 6.47. The SMILES string of the molecule is COc1cccc(OCC(=O)NCCC(CCO)c2ccccc2)c1. The van der Waals surface area contributed by atoms with E-state index in [1.807, 2.05) is 42.5 Å². The van der Waals surface area contributed by atoms with Crippen LogP contribution in [0.5, 0.6) is 11.5 Å². The molecule has 2 aromatic rings. The number of aliphatic hydroxyl groups excluding tert-OH is 1. The smallest absolute Gasteiger partial charge is 0.257 e. The minimum absolute atomic E-state index is 0.0385. The zero-order valence-corrected chi connectivity index (χ0v) is 14.5. The molecule has 134 valence electrons. The fraction of sp³-hybridized carbons (Fsp3) is 0.350. The number of benzene rings is 2. The summed E-state index contributed by atoms with van der Waals surface area (Å²) in [6, 6.07) is 17.2. The second-order valence-electron chi connectivity index (χ2n) is 5.73. The molecule has 25 heavy (non-hydrogen) atoms. The van der Waals surface area contributed by atoms with E-state index in [9.17, 15) is 9.90 Å². The highest BCUT2D eigenvalue weighted by molar-refractivity contribution is 5.77. The van der Waals surface area contributed by atoms with Gasteiger partial charge in [0.2, 0.25) is 0 Å². The molecule has 2 aromatic carbocycles. The molecule has 0 bridgehead atoms. The number of amides is 1. The topological polar surface area (TPSA) is 67.8 Å². The molecule has 0 aliphatic carbocycles. The first-order valence-electron chi connectivity index (χ1n) is 8.42. The maximum atomic E-state index is 11.9. The third-order valence-electron chi connectivity index (χ3n) is 3.97. The van der Waals surface area contributed by atoms with Crippen molar-refractivity contribution in [3.05, 3.63) is 60.2 Å². The van der Waals surface area contributed by atoms with Crippen LogP contribution >= 0.6 is 0 Å². The molecule has 0 aliphatic rings. The van der Waals surface area contributed by atoms with Gasteiger partial charge in [-0.25, -0.2) is 0 Å². The first-order chi connectivity index (χ1) is 12.2. The fourth-order valence-corrected chi connectivity index (χ4v) is 2.64. The lowest BCUT2D eigenvalue weighted by molar-refractivity contribution is -0.123. The second kappa shape index (κ2) is 10.4.